The van der Waals surface area contributed by atoms with Gasteiger partial charge in [-0.15, -0.1) is 0 Å². The number of amides is 1. The Labute approximate surface area is 127 Å². The van der Waals surface area contributed by atoms with Gasteiger partial charge in [-0.25, -0.2) is 8.42 Å². The van der Waals surface area contributed by atoms with Gasteiger partial charge in [0.15, 0.2) is 9.84 Å². The molecule has 0 aliphatic carbocycles. The first-order valence-electron chi connectivity index (χ1n) is 6.11. The summed E-state index contributed by atoms with van der Waals surface area (Å²) in [5.41, 5.74) is 1.43. The molecule has 0 aliphatic heterocycles. The van der Waals surface area contributed by atoms with Crippen LogP contribution in [0.1, 0.15) is 19.4 Å². The summed E-state index contributed by atoms with van der Waals surface area (Å²) in [6, 6.07) is 5.19. The van der Waals surface area contributed by atoms with Crippen molar-refractivity contribution in [1.82, 2.24) is 0 Å². The summed E-state index contributed by atoms with van der Waals surface area (Å²) in [6.07, 6.45) is 1.04. The smallest absolute Gasteiger partial charge is 0.242 e. The summed E-state index contributed by atoms with van der Waals surface area (Å²) in [7, 11) is -3.40. The molecule has 0 spiro atoms. The lowest BCUT2D eigenvalue weighted by Crippen LogP contribution is -2.31. The van der Waals surface area contributed by atoms with Crippen molar-refractivity contribution >= 4 is 37.4 Å². The van der Waals surface area contributed by atoms with Crippen LogP contribution in [-0.4, -0.2) is 32.4 Å². The van der Waals surface area contributed by atoms with Crippen molar-refractivity contribution in [3.63, 3.8) is 0 Å². The van der Waals surface area contributed by atoms with Crippen molar-refractivity contribution in [2.75, 3.05) is 18.2 Å². The monoisotopic (exact) mass is 363 g/mol. The van der Waals surface area contributed by atoms with Gasteiger partial charge >= 0.3 is 0 Å². The summed E-state index contributed by atoms with van der Waals surface area (Å²) in [4.78, 5) is 11.8. The zero-order chi connectivity index (χ0) is 15.3. The van der Waals surface area contributed by atoms with Crippen LogP contribution < -0.4 is 10.1 Å². The maximum atomic E-state index is 11.8. The minimum atomic E-state index is -3.40. The summed E-state index contributed by atoms with van der Waals surface area (Å²) in [6.45, 7) is 3.81. The van der Waals surface area contributed by atoms with E-state index in [2.05, 4.69) is 21.2 Å². The molecule has 1 aromatic carbocycles. The third-order valence-electron chi connectivity index (χ3n) is 2.78. The van der Waals surface area contributed by atoms with Gasteiger partial charge in [0.05, 0.1) is 6.61 Å². The number of anilines is 1. The van der Waals surface area contributed by atoms with Crippen LogP contribution in [0.3, 0.4) is 0 Å². The molecule has 0 heterocycles. The summed E-state index contributed by atoms with van der Waals surface area (Å²) in [5, 5.41) is 2.09. The van der Waals surface area contributed by atoms with Crippen LogP contribution in [0.25, 0.3) is 0 Å². The van der Waals surface area contributed by atoms with Crippen molar-refractivity contribution in [1.29, 1.82) is 0 Å². The van der Waals surface area contributed by atoms with Gasteiger partial charge < -0.3 is 10.1 Å². The highest BCUT2D eigenvalue weighted by atomic mass is 79.9. The highest BCUT2D eigenvalue weighted by Gasteiger charge is 2.23. The van der Waals surface area contributed by atoms with E-state index < -0.39 is 21.0 Å². The fourth-order valence-electron chi connectivity index (χ4n) is 1.50. The number of rotatable bonds is 6. The highest BCUT2D eigenvalue weighted by Crippen LogP contribution is 2.25. The number of halogens is 1. The van der Waals surface area contributed by atoms with Crippen LogP contribution in [0.5, 0.6) is 5.75 Å². The standard InChI is InChI=1S/C13H18BrNO4S/c1-4-19-12-6-5-11(7-10(12)8-14)15-13(16)9(2)20(3,17)18/h5-7,9H,4,8H2,1-3H3,(H,15,16). The molecule has 1 rings (SSSR count). The molecule has 0 aliphatic rings. The van der Waals surface area contributed by atoms with Gasteiger partial charge in [-0.05, 0) is 32.0 Å². The molecule has 112 valence electrons. The van der Waals surface area contributed by atoms with E-state index in [1.54, 1.807) is 18.2 Å². The normalized spacial score (nSPS) is 12.8. The quantitative estimate of drug-likeness (QED) is 0.787. The molecule has 1 aromatic rings. The second kappa shape index (κ2) is 7.08. The molecule has 0 saturated carbocycles. The van der Waals surface area contributed by atoms with E-state index in [9.17, 15) is 13.2 Å². The van der Waals surface area contributed by atoms with Gasteiger partial charge in [-0.3, -0.25) is 4.79 Å². The molecule has 1 unspecified atom stereocenters. The zero-order valence-electron chi connectivity index (χ0n) is 11.6. The topological polar surface area (TPSA) is 72.5 Å². The zero-order valence-corrected chi connectivity index (χ0v) is 14.0. The molecule has 7 heteroatoms. The maximum absolute atomic E-state index is 11.8. The molecule has 0 fully saturated rings. The van der Waals surface area contributed by atoms with Gasteiger partial charge in [-0.1, -0.05) is 15.9 Å². The lowest BCUT2D eigenvalue weighted by molar-refractivity contribution is -0.115. The Kier molecular flexibility index (Phi) is 6.01. The molecule has 20 heavy (non-hydrogen) atoms. The first kappa shape index (κ1) is 17.0. The largest absolute Gasteiger partial charge is 0.494 e. The number of ether oxygens (including phenoxy) is 1. The van der Waals surface area contributed by atoms with Crippen molar-refractivity contribution in [3.8, 4) is 5.75 Å². The molecular weight excluding hydrogens is 346 g/mol. The van der Waals surface area contributed by atoms with Crippen LogP contribution in [-0.2, 0) is 20.0 Å². The third-order valence-corrected chi connectivity index (χ3v) is 4.89. The molecule has 1 N–H and O–H groups in total. The maximum Gasteiger partial charge on any atom is 0.242 e. The molecule has 0 radical (unpaired) electrons. The fourth-order valence-corrected chi connectivity index (χ4v) is 2.38. The van der Waals surface area contributed by atoms with Crippen molar-refractivity contribution in [2.45, 2.75) is 24.4 Å². The molecule has 0 saturated heterocycles. The van der Waals surface area contributed by atoms with Gasteiger partial charge in [0.25, 0.3) is 0 Å². The number of carbonyl (C=O) groups is 1. The molecule has 1 amide bonds. The van der Waals surface area contributed by atoms with Crippen LogP contribution >= 0.6 is 15.9 Å². The average Bonchev–Trinajstić information content (AvgIpc) is 2.38. The molecule has 5 nitrogen and oxygen atoms in total. The Balaban J connectivity index is 2.91. The number of carbonyl (C=O) groups excluding carboxylic acids is 1. The number of alkyl halides is 1. The average molecular weight is 364 g/mol. The van der Waals surface area contributed by atoms with Crippen molar-refractivity contribution in [3.05, 3.63) is 23.8 Å². The number of hydrogen-bond donors (Lipinski definition) is 1. The molecule has 0 aromatic heterocycles. The summed E-state index contributed by atoms with van der Waals surface area (Å²) in [5.74, 6) is 0.190. The van der Waals surface area contributed by atoms with E-state index in [1.807, 2.05) is 6.92 Å². The summed E-state index contributed by atoms with van der Waals surface area (Å²) < 4.78 is 28.1. The van der Waals surface area contributed by atoms with Gasteiger partial charge in [0.2, 0.25) is 5.91 Å². The molecular formula is C13H18BrNO4S. The van der Waals surface area contributed by atoms with E-state index in [0.29, 0.717) is 17.6 Å². The van der Waals surface area contributed by atoms with Crippen molar-refractivity contribution in [2.24, 2.45) is 0 Å². The highest BCUT2D eigenvalue weighted by molar-refractivity contribution is 9.08. The van der Waals surface area contributed by atoms with E-state index in [1.165, 1.54) is 6.92 Å². The van der Waals surface area contributed by atoms with E-state index in [-0.39, 0.29) is 0 Å². The lowest BCUT2D eigenvalue weighted by Gasteiger charge is -2.13. The minimum absolute atomic E-state index is 0.544. The van der Waals surface area contributed by atoms with E-state index >= 15 is 0 Å². The Bertz CT molecular complexity index is 586. The van der Waals surface area contributed by atoms with Crippen LogP contribution in [0.15, 0.2) is 18.2 Å². The Hall–Kier alpha value is -1.08. The van der Waals surface area contributed by atoms with E-state index in [0.717, 1.165) is 17.6 Å². The Morgan fingerprint density at radius 1 is 1.45 bits per heavy atom. The third kappa shape index (κ3) is 4.49. The predicted molar refractivity (Wildman–Crippen MR) is 83.2 cm³/mol. The lowest BCUT2D eigenvalue weighted by atomic mass is 10.2. The first-order valence-corrected chi connectivity index (χ1v) is 9.18. The van der Waals surface area contributed by atoms with E-state index in [4.69, 9.17) is 4.74 Å². The van der Waals surface area contributed by atoms with Crippen LogP contribution in [0, 0.1) is 0 Å². The predicted octanol–water partition coefficient (Wildman–Crippen LogP) is 2.35. The Morgan fingerprint density at radius 2 is 2.10 bits per heavy atom. The molecule has 0 bridgehead atoms. The number of hydrogen-bond acceptors (Lipinski definition) is 4. The van der Waals surface area contributed by atoms with Crippen LogP contribution in [0.4, 0.5) is 5.69 Å². The second-order valence-electron chi connectivity index (χ2n) is 4.35. The van der Waals surface area contributed by atoms with Gasteiger partial charge in [0.1, 0.15) is 11.0 Å². The first-order chi connectivity index (χ1) is 9.29. The number of benzene rings is 1. The van der Waals surface area contributed by atoms with Crippen LogP contribution in [0.2, 0.25) is 0 Å². The molecule has 1 atom stereocenters. The Morgan fingerprint density at radius 3 is 2.60 bits per heavy atom. The number of nitrogens with one attached hydrogen (secondary N) is 1. The second-order valence-corrected chi connectivity index (χ2v) is 7.28. The number of sulfone groups is 1. The summed E-state index contributed by atoms with van der Waals surface area (Å²) >= 11 is 3.35. The minimum Gasteiger partial charge on any atom is -0.494 e. The van der Waals surface area contributed by atoms with Gasteiger partial charge in [0, 0.05) is 22.8 Å². The SMILES string of the molecule is CCOc1ccc(NC(=O)C(C)S(C)(=O)=O)cc1CBr. The van der Waals surface area contributed by atoms with Gasteiger partial charge in [-0.2, -0.15) is 0 Å². The fraction of sp³-hybridized carbons (Fsp3) is 0.462. The van der Waals surface area contributed by atoms with Crippen molar-refractivity contribution < 1.29 is 17.9 Å².